The highest BCUT2D eigenvalue weighted by molar-refractivity contribution is 5.80. The molecule has 0 aliphatic heterocycles. The molecule has 0 saturated heterocycles. The van der Waals surface area contributed by atoms with Crippen molar-refractivity contribution >= 4 is 11.9 Å². The van der Waals surface area contributed by atoms with E-state index in [-0.39, 0.29) is 17.7 Å². The number of carbonyl (C=O) groups excluding carboxylic acids is 1. The first-order chi connectivity index (χ1) is 9.58. The van der Waals surface area contributed by atoms with Crippen molar-refractivity contribution in [2.45, 2.75) is 57.8 Å². The average molecular weight is 281 g/mol. The number of carbonyl (C=O) groups is 2. The molecule has 2 aliphatic rings. The van der Waals surface area contributed by atoms with Crippen LogP contribution in [0.1, 0.15) is 57.8 Å². The van der Waals surface area contributed by atoms with Crippen LogP contribution in [0.2, 0.25) is 0 Å². The molecular weight excluding hydrogens is 254 g/mol. The maximum atomic E-state index is 12.5. The Morgan fingerprint density at radius 2 is 1.65 bits per heavy atom. The van der Waals surface area contributed by atoms with Crippen molar-refractivity contribution in [1.82, 2.24) is 4.90 Å². The summed E-state index contributed by atoms with van der Waals surface area (Å²) in [5, 5.41) is 9.11. The molecule has 2 fully saturated rings. The van der Waals surface area contributed by atoms with Crippen LogP contribution in [0.25, 0.3) is 0 Å². The van der Waals surface area contributed by atoms with E-state index in [2.05, 4.69) is 0 Å². The maximum Gasteiger partial charge on any atom is 0.306 e. The molecule has 20 heavy (non-hydrogen) atoms. The van der Waals surface area contributed by atoms with Crippen molar-refractivity contribution in [1.29, 1.82) is 0 Å². The topological polar surface area (TPSA) is 57.6 Å². The quantitative estimate of drug-likeness (QED) is 0.862. The zero-order chi connectivity index (χ0) is 14.5. The molecule has 0 aromatic rings. The normalized spacial score (nSPS) is 28.1. The fourth-order valence-corrected chi connectivity index (χ4v) is 3.80. The van der Waals surface area contributed by atoms with E-state index in [1.165, 1.54) is 32.1 Å². The Hall–Kier alpha value is -1.06. The van der Waals surface area contributed by atoms with Crippen molar-refractivity contribution in [2.24, 2.45) is 17.8 Å². The molecule has 1 N–H and O–H groups in total. The van der Waals surface area contributed by atoms with Crippen LogP contribution in [-0.2, 0) is 9.59 Å². The predicted octanol–water partition coefficient (Wildman–Crippen LogP) is 2.92. The molecule has 1 amide bonds. The highest BCUT2D eigenvalue weighted by atomic mass is 16.4. The Bertz CT molecular complexity index is 350. The fraction of sp³-hybridized carbons (Fsp3) is 0.875. The van der Waals surface area contributed by atoms with Gasteiger partial charge in [-0.15, -0.1) is 0 Å². The van der Waals surface area contributed by atoms with E-state index in [1.807, 2.05) is 11.9 Å². The largest absolute Gasteiger partial charge is 0.481 e. The van der Waals surface area contributed by atoms with Crippen LogP contribution in [0.15, 0.2) is 0 Å². The number of aliphatic carboxylic acids is 1. The van der Waals surface area contributed by atoms with Crippen molar-refractivity contribution in [3.8, 4) is 0 Å². The Balaban J connectivity index is 1.84. The van der Waals surface area contributed by atoms with Gasteiger partial charge in [0.15, 0.2) is 0 Å². The minimum atomic E-state index is -0.738. The van der Waals surface area contributed by atoms with E-state index in [0.29, 0.717) is 12.3 Å². The monoisotopic (exact) mass is 281 g/mol. The molecule has 0 aromatic heterocycles. The van der Waals surface area contributed by atoms with Gasteiger partial charge in [-0.05, 0) is 38.0 Å². The van der Waals surface area contributed by atoms with Crippen LogP contribution in [-0.4, -0.2) is 35.5 Å². The SMILES string of the molecule is CN(CC1CCCCC1)C(=O)C1CCCC(C(=O)O)C1. The summed E-state index contributed by atoms with van der Waals surface area (Å²) in [5.74, 6) is -0.310. The predicted molar refractivity (Wildman–Crippen MR) is 77.3 cm³/mol. The highest BCUT2D eigenvalue weighted by Gasteiger charge is 2.32. The lowest BCUT2D eigenvalue weighted by atomic mass is 9.80. The van der Waals surface area contributed by atoms with E-state index in [4.69, 9.17) is 5.11 Å². The van der Waals surface area contributed by atoms with Gasteiger partial charge in [-0.25, -0.2) is 0 Å². The summed E-state index contributed by atoms with van der Waals surface area (Å²) in [6, 6.07) is 0. The first-order valence-corrected chi connectivity index (χ1v) is 8.05. The van der Waals surface area contributed by atoms with Gasteiger partial charge in [-0.3, -0.25) is 9.59 Å². The molecule has 0 bridgehead atoms. The molecule has 4 nitrogen and oxygen atoms in total. The van der Waals surface area contributed by atoms with E-state index in [1.54, 1.807) is 0 Å². The zero-order valence-electron chi connectivity index (χ0n) is 12.5. The standard InChI is InChI=1S/C16H27NO3/c1-17(11-12-6-3-2-4-7-12)15(18)13-8-5-9-14(10-13)16(19)20/h12-14H,2-11H2,1H3,(H,19,20). The summed E-state index contributed by atoms with van der Waals surface area (Å²) >= 11 is 0. The molecule has 2 saturated carbocycles. The summed E-state index contributed by atoms with van der Waals surface area (Å²) in [7, 11) is 1.89. The molecular formula is C16H27NO3. The number of nitrogens with zero attached hydrogens (tertiary/aromatic N) is 1. The second-order valence-electron chi connectivity index (χ2n) is 6.62. The van der Waals surface area contributed by atoms with Crippen LogP contribution < -0.4 is 0 Å². The van der Waals surface area contributed by atoms with Crippen LogP contribution in [0.4, 0.5) is 0 Å². The van der Waals surface area contributed by atoms with Crippen LogP contribution in [0.5, 0.6) is 0 Å². The third-order valence-corrected chi connectivity index (χ3v) is 5.01. The summed E-state index contributed by atoms with van der Waals surface area (Å²) in [6.45, 7) is 0.854. The molecule has 0 aromatic carbocycles. The van der Waals surface area contributed by atoms with Gasteiger partial charge < -0.3 is 10.0 Å². The van der Waals surface area contributed by atoms with E-state index < -0.39 is 5.97 Å². The number of hydrogen-bond acceptors (Lipinski definition) is 2. The molecule has 0 heterocycles. The van der Waals surface area contributed by atoms with Gasteiger partial charge >= 0.3 is 5.97 Å². The van der Waals surface area contributed by atoms with Gasteiger partial charge in [0.2, 0.25) is 5.91 Å². The maximum absolute atomic E-state index is 12.5. The van der Waals surface area contributed by atoms with Crippen LogP contribution in [0.3, 0.4) is 0 Å². The molecule has 2 atom stereocenters. The summed E-state index contributed by atoms with van der Waals surface area (Å²) < 4.78 is 0. The Labute approximate surface area is 121 Å². The molecule has 2 rings (SSSR count). The van der Waals surface area contributed by atoms with Gasteiger partial charge in [0.25, 0.3) is 0 Å². The summed E-state index contributed by atoms with van der Waals surface area (Å²) in [4.78, 5) is 25.4. The third-order valence-electron chi connectivity index (χ3n) is 5.01. The molecule has 2 unspecified atom stereocenters. The molecule has 2 aliphatic carbocycles. The molecule has 0 radical (unpaired) electrons. The van der Waals surface area contributed by atoms with Gasteiger partial charge in [0.1, 0.15) is 0 Å². The van der Waals surface area contributed by atoms with Crippen molar-refractivity contribution in [3.05, 3.63) is 0 Å². The Morgan fingerprint density at radius 1 is 1.00 bits per heavy atom. The van der Waals surface area contributed by atoms with Gasteiger partial charge in [0, 0.05) is 19.5 Å². The minimum absolute atomic E-state index is 0.0709. The molecule has 0 spiro atoms. The lowest BCUT2D eigenvalue weighted by molar-refractivity contribution is -0.145. The van der Waals surface area contributed by atoms with Crippen molar-refractivity contribution in [2.75, 3.05) is 13.6 Å². The average Bonchev–Trinajstić information content (AvgIpc) is 2.47. The minimum Gasteiger partial charge on any atom is -0.481 e. The third kappa shape index (κ3) is 3.97. The second kappa shape index (κ2) is 7.09. The number of carboxylic acids is 1. The van der Waals surface area contributed by atoms with Gasteiger partial charge in [0.05, 0.1) is 5.92 Å². The van der Waals surface area contributed by atoms with E-state index >= 15 is 0 Å². The van der Waals surface area contributed by atoms with Gasteiger partial charge in [-0.1, -0.05) is 25.7 Å². The number of amides is 1. The fourth-order valence-electron chi connectivity index (χ4n) is 3.80. The van der Waals surface area contributed by atoms with Crippen LogP contribution in [0, 0.1) is 17.8 Å². The van der Waals surface area contributed by atoms with E-state index in [9.17, 15) is 9.59 Å². The lowest BCUT2D eigenvalue weighted by Crippen LogP contribution is -2.39. The first kappa shape index (κ1) is 15.3. The molecule has 114 valence electrons. The number of hydrogen-bond donors (Lipinski definition) is 1. The zero-order valence-corrected chi connectivity index (χ0v) is 12.5. The highest BCUT2D eigenvalue weighted by Crippen LogP contribution is 2.31. The van der Waals surface area contributed by atoms with Crippen molar-refractivity contribution < 1.29 is 14.7 Å². The smallest absolute Gasteiger partial charge is 0.306 e. The number of rotatable bonds is 4. The Morgan fingerprint density at radius 3 is 2.30 bits per heavy atom. The van der Waals surface area contributed by atoms with E-state index in [0.717, 1.165) is 25.8 Å². The summed E-state index contributed by atoms with van der Waals surface area (Å²) in [5.41, 5.74) is 0. The summed E-state index contributed by atoms with van der Waals surface area (Å²) in [6.07, 6.45) is 9.36. The number of carboxylic acid groups (broad SMARTS) is 1. The van der Waals surface area contributed by atoms with Crippen molar-refractivity contribution in [3.63, 3.8) is 0 Å². The Kier molecular flexibility index (Phi) is 5.44. The van der Waals surface area contributed by atoms with Crippen LogP contribution >= 0.6 is 0 Å². The van der Waals surface area contributed by atoms with Gasteiger partial charge in [-0.2, -0.15) is 0 Å². The lowest BCUT2D eigenvalue weighted by Gasteiger charge is -2.32. The second-order valence-corrected chi connectivity index (χ2v) is 6.62. The first-order valence-electron chi connectivity index (χ1n) is 8.05. The molecule has 4 heteroatoms.